The third-order valence-electron chi connectivity index (χ3n) is 4.96. The van der Waals surface area contributed by atoms with Gasteiger partial charge in [0.05, 0.1) is 0 Å². The van der Waals surface area contributed by atoms with Crippen LogP contribution >= 0.6 is 0 Å². The lowest BCUT2D eigenvalue weighted by molar-refractivity contribution is -0.140. The van der Waals surface area contributed by atoms with Crippen molar-refractivity contribution >= 4 is 5.91 Å². The number of likely N-dealkylation sites (tertiary alicyclic amines) is 1. The van der Waals surface area contributed by atoms with Crippen LogP contribution in [0.3, 0.4) is 0 Å². The summed E-state index contributed by atoms with van der Waals surface area (Å²) in [5, 5.41) is 0. The second-order valence-corrected chi connectivity index (χ2v) is 6.58. The predicted molar refractivity (Wildman–Crippen MR) is 64.0 cm³/mol. The maximum atomic E-state index is 12.0. The second-order valence-electron chi connectivity index (χ2n) is 6.58. The van der Waals surface area contributed by atoms with Crippen molar-refractivity contribution in [3.8, 4) is 0 Å². The molecule has 0 atom stereocenters. The molecule has 2 saturated carbocycles. The summed E-state index contributed by atoms with van der Waals surface area (Å²) in [5.74, 6) is 2.03. The van der Waals surface area contributed by atoms with Crippen LogP contribution in [0.4, 0.5) is 0 Å². The molecular weight excluding hydrogens is 198 g/mol. The van der Waals surface area contributed by atoms with Crippen molar-refractivity contribution in [2.75, 3.05) is 13.1 Å². The van der Waals surface area contributed by atoms with Gasteiger partial charge in [-0.2, -0.15) is 0 Å². The van der Waals surface area contributed by atoms with Crippen molar-refractivity contribution in [1.29, 1.82) is 0 Å². The van der Waals surface area contributed by atoms with E-state index in [0.717, 1.165) is 25.4 Å². The summed E-state index contributed by atoms with van der Waals surface area (Å²) in [7, 11) is 0. The fourth-order valence-electron chi connectivity index (χ4n) is 3.34. The van der Waals surface area contributed by atoms with Crippen LogP contribution in [0.25, 0.3) is 0 Å². The van der Waals surface area contributed by atoms with Gasteiger partial charge in [-0.25, -0.2) is 0 Å². The van der Waals surface area contributed by atoms with Gasteiger partial charge in [0.1, 0.15) is 0 Å². The molecule has 0 unspecified atom stereocenters. The van der Waals surface area contributed by atoms with Gasteiger partial charge < -0.3 is 4.90 Å². The van der Waals surface area contributed by atoms with Gasteiger partial charge in [0, 0.05) is 24.9 Å². The summed E-state index contributed by atoms with van der Waals surface area (Å²) in [4.78, 5) is 14.1. The van der Waals surface area contributed by atoms with E-state index in [1.807, 2.05) is 0 Å². The smallest absolute Gasteiger partial charge is 0.222 e. The summed E-state index contributed by atoms with van der Waals surface area (Å²) in [6, 6.07) is 0. The average molecular weight is 221 g/mol. The van der Waals surface area contributed by atoms with Gasteiger partial charge in [0.25, 0.3) is 0 Å². The summed E-state index contributed by atoms with van der Waals surface area (Å²) >= 11 is 0. The molecule has 3 fully saturated rings. The van der Waals surface area contributed by atoms with Crippen LogP contribution in [0.2, 0.25) is 0 Å². The molecule has 0 bridgehead atoms. The van der Waals surface area contributed by atoms with Crippen molar-refractivity contribution in [1.82, 2.24) is 4.90 Å². The molecule has 1 heterocycles. The van der Waals surface area contributed by atoms with Crippen molar-refractivity contribution in [2.24, 2.45) is 17.3 Å². The Morgan fingerprint density at radius 2 is 1.81 bits per heavy atom. The first-order valence-corrected chi connectivity index (χ1v) is 6.95. The predicted octanol–water partition coefficient (Wildman–Crippen LogP) is 2.83. The zero-order chi connectivity index (χ0) is 11.2. The highest BCUT2D eigenvalue weighted by molar-refractivity contribution is 5.77. The van der Waals surface area contributed by atoms with Crippen molar-refractivity contribution < 1.29 is 4.79 Å². The molecule has 1 saturated heterocycles. The van der Waals surface area contributed by atoms with Crippen LogP contribution in [0, 0.1) is 17.3 Å². The van der Waals surface area contributed by atoms with E-state index in [1.165, 1.54) is 38.5 Å². The maximum absolute atomic E-state index is 12.0. The molecule has 2 nitrogen and oxygen atoms in total. The molecule has 0 aromatic heterocycles. The monoisotopic (exact) mass is 221 g/mol. The molecular formula is C14H23NO. The lowest BCUT2D eigenvalue weighted by Gasteiger charge is -2.41. The Kier molecular flexibility index (Phi) is 2.49. The summed E-state index contributed by atoms with van der Waals surface area (Å²) in [6.45, 7) is 4.49. The third-order valence-corrected chi connectivity index (χ3v) is 4.96. The Bertz CT molecular complexity index is 279. The number of carbonyl (C=O) groups excluding carboxylic acids is 1. The first-order valence-electron chi connectivity index (χ1n) is 6.95. The average Bonchev–Trinajstić information content (AvgIpc) is 2.99. The Labute approximate surface area is 98.4 Å². The van der Waals surface area contributed by atoms with Crippen LogP contribution in [0.15, 0.2) is 0 Å². The first kappa shape index (κ1) is 10.6. The van der Waals surface area contributed by atoms with Crippen LogP contribution in [-0.4, -0.2) is 23.9 Å². The number of nitrogens with zero attached hydrogens (tertiary/aromatic N) is 1. The molecule has 2 heteroatoms. The fraction of sp³-hybridized carbons (Fsp3) is 0.929. The normalized spacial score (nSPS) is 35.9. The number of amides is 1. The molecule has 0 aromatic rings. The lowest BCUT2D eigenvalue weighted by atomic mass is 9.81. The highest BCUT2D eigenvalue weighted by Crippen LogP contribution is 2.53. The van der Waals surface area contributed by atoms with E-state index in [2.05, 4.69) is 11.8 Å². The third kappa shape index (κ3) is 1.99. The highest BCUT2D eigenvalue weighted by atomic mass is 16.2. The molecule has 0 N–H and O–H groups in total. The van der Waals surface area contributed by atoms with Crippen LogP contribution in [0.1, 0.15) is 51.9 Å². The number of hydrogen-bond donors (Lipinski definition) is 0. The van der Waals surface area contributed by atoms with E-state index < -0.39 is 0 Å². The largest absolute Gasteiger partial charge is 0.341 e. The van der Waals surface area contributed by atoms with E-state index in [-0.39, 0.29) is 0 Å². The molecule has 3 rings (SSSR count). The standard InChI is InChI=1S/C14H23NO/c1-11-2-4-12(5-3-11)8-13(16)15-9-14(10-15)6-7-14/h11-12H,2-10H2,1H3. The Morgan fingerprint density at radius 1 is 1.19 bits per heavy atom. The molecule has 90 valence electrons. The zero-order valence-electron chi connectivity index (χ0n) is 10.4. The van der Waals surface area contributed by atoms with Gasteiger partial charge in [0.15, 0.2) is 0 Å². The Morgan fingerprint density at radius 3 is 2.38 bits per heavy atom. The quantitative estimate of drug-likeness (QED) is 0.702. The number of rotatable bonds is 2. The molecule has 0 aromatic carbocycles. The van der Waals surface area contributed by atoms with Crippen LogP contribution < -0.4 is 0 Å². The van der Waals surface area contributed by atoms with Gasteiger partial charge in [-0.05, 0) is 37.5 Å². The van der Waals surface area contributed by atoms with E-state index >= 15 is 0 Å². The molecule has 2 aliphatic carbocycles. The second kappa shape index (κ2) is 3.75. The van der Waals surface area contributed by atoms with E-state index in [0.29, 0.717) is 17.2 Å². The van der Waals surface area contributed by atoms with E-state index in [1.54, 1.807) is 0 Å². The van der Waals surface area contributed by atoms with Crippen molar-refractivity contribution in [2.45, 2.75) is 51.9 Å². The van der Waals surface area contributed by atoms with E-state index in [9.17, 15) is 4.79 Å². The molecule has 1 amide bonds. The summed E-state index contributed by atoms with van der Waals surface area (Å²) in [6.07, 6.45) is 8.82. The van der Waals surface area contributed by atoms with Gasteiger partial charge in [0.2, 0.25) is 5.91 Å². The molecule has 3 aliphatic rings. The van der Waals surface area contributed by atoms with Crippen LogP contribution in [-0.2, 0) is 4.79 Å². The minimum absolute atomic E-state index is 0.442. The van der Waals surface area contributed by atoms with Crippen LogP contribution in [0.5, 0.6) is 0 Å². The zero-order valence-corrected chi connectivity index (χ0v) is 10.4. The van der Waals surface area contributed by atoms with Gasteiger partial charge in [-0.3, -0.25) is 4.79 Å². The highest BCUT2D eigenvalue weighted by Gasteiger charge is 2.53. The number of hydrogen-bond acceptors (Lipinski definition) is 1. The van der Waals surface area contributed by atoms with Gasteiger partial charge >= 0.3 is 0 Å². The minimum Gasteiger partial charge on any atom is -0.341 e. The van der Waals surface area contributed by atoms with Gasteiger partial charge in [-0.1, -0.05) is 19.8 Å². The summed E-state index contributed by atoms with van der Waals surface area (Å²) in [5.41, 5.74) is 0.622. The summed E-state index contributed by atoms with van der Waals surface area (Å²) < 4.78 is 0. The molecule has 16 heavy (non-hydrogen) atoms. The Hall–Kier alpha value is -0.530. The molecule has 0 radical (unpaired) electrons. The maximum Gasteiger partial charge on any atom is 0.222 e. The first-order chi connectivity index (χ1) is 7.67. The molecule has 1 aliphatic heterocycles. The minimum atomic E-state index is 0.442. The van der Waals surface area contributed by atoms with Crippen molar-refractivity contribution in [3.05, 3.63) is 0 Å². The number of carbonyl (C=O) groups is 1. The SMILES string of the molecule is CC1CCC(CC(=O)N2CC3(CC3)C2)CC1. The Balaban J connectivity index is 1.42. The molecule has 1 spiro atoms. The van der Waals surface area contributed by atoms with E-state index in [4.69, 9.17) is 0 Å². The van der Waals surface area contributed by atoms with Crippen molar-refractivity contribution in [3.63, 3.8) is 0 Å². The lowest BCUT2D eigenvalue weighted by Crippen LogP contribution is -2.51. The van der Waals surface area contributed by atoms with Gasteiger partial charge in [-0.15, -0.1) is 0 Å². The fourth-order valence-corrected chi connectivity index (χ4v) is 3.34. The topological polar surface area (TPSA) is 20.3 Å².